The summed E-state index contributed by atoms with van der Waals surface area (Å²) in [7, 11) is 1.44. The van der Waals surface area contributed by atoms with Gasteiger partial charge in [0, 0.05) is 25.6 Å². The fourth-order valence-corrected chi connectivity index (χ4v) is 4.03. The van der Waals surface area contributed by atoms with Gasteiger partial charge in [-0.15, -0.1) is 22.6 Å². The van der Waals surface area contributed by atoms with Crippen molar-refractivity contribution in [1.82, 2.24) is 25.0 Å². The van der Waals surface area contributed by atoms with Gasteiger partial charge < -0.3 is 19.4 Å². The maximum absolute atomic E-state index is 12.6. The molecule has 0 bridgehead atoms. The number of halogens is 3. The third kappa shape index (κ3) is 4.96. The van der Waals surface area contributed by atoms with Gasteiger partial charge in [0.05, 0.1) is 13.7 Å². The van der Waals surface area contributed by atoms with E-state index < -0.39 is 6.61 Å². The molecule has 0 atom stereocenters. The molecule has 1 aromatic heterocycles. The molecule has 2 aliphatic heterocycles. The fraction of sp³-hybridized carbons (Fsp3) is 0.579. The molecule has 1 aromatic carbocycles. The molecular formula is C19H26ClF2N5O2. The van der Waals surface area contributed by atoms with Gasteiger partial charge in [-0.1, -0.05) is 6.07 Å². The third-order valence-corrected chi connectivity index (χ3v) is 5.45. The van der Waals surface area contributed by atoms with Gasteiger partial charge in [-0.3, -0.25) is 4.90 Å². The zero-order valence-corrected chi connectivity index (χ0v) is 17.1. The number of aromatic nitrogens is 3. The van der Waals surface area contributed by atoms with Crippen molar-refractivity contribution in [3.05, 3.63) is 35.4 Å². The molecule has 160 valence electrons. The van der Waals surface area contributed by atoms with Crippen LogP contribution in [0.1, 0.15) is 36.0 Å². The maximum atomic E-state index is 12.6. The summed E-state index contributed by atoms with van der Waals surface area (Å²) in [6, 6.07) is 5.21. The van der Waals surface area contributed by atoms with Crippen LogP contribution in [0.25, 0.3) is 0 Å². The summed E-state index contributed by atoms with van der Waals surface area (Å²) < 4.78 is 37.2. The van der Waals surface area contributed by atoms with Crippen molar-refractivity contribution < 1.29 is 18.3 Å². The normalized spacial score (nSPS) is 17.7. The van der Waals surface area contributed by atoms with E-state index in [0.717, 1.165) is 62.8 Å². The monoisotopic (exact) mass is 429 g/mol. The summed E-state index contributed by atoms with van der Waals surface area (Å²) >= 11 is 0. The number of rotatable bonds is 6. The van der Waals surface area contributed by atoms with Gasteiger partial charge >= 0.3 is 6.61 Å². The van der Waals surface area contributed by atoms with E-state index >= 15 is 0 Å². The number of likely N-dealkylation sites (tertiary alicyclic amines) is 1. The lowest BCUT2D eigenvalue weighted by molar-refractivity contribution is -0.0512. The lowest BCUT2D eigenvalue weighted by atomic mass is 9.95. The smallest absolute Gasteiger partial charge is 0.387 e. The quantitative estimate of drug-likeness (QED) is 0.761. The zero-order chi connectivity index (χ0) is 19.5. The molecule has 1 N–H and O–H groups in total. The molecule has 4 rings (SSSR count). The van der Waals surface area contributed by atoms with Gasteiger partial charge in [0.25, 0.3) is 0 Å². The molecule has 2 aromatic rings. The predicted octanol–water partition coefficient (Wildman–Crippen LogP) is 2.79. The average molecular weight is 430 g/mol. The lowest BCUT2D eigenvalue weighted by Crippen LogP contribution is -2.34. The van der Waals surface area contributed by atoms with E-state index in [1.807, 2.05) is 6.07 Å². The second-order valence-electron chi connectivity index (χ2n) is 7.22. The number of nitrogens with one attached hydrogen (secondary N) is 1. The number of fused-ring (bicyclic) bond motifs is 1. The molecule has 0 spiro atoms. The first-order chi connectivity index (χ1) is 13.6. The Hall–Kier alpha value is -1.97. The van der Waals surface area contributed by atoms with E-state index in [2.05, 4.69) is 29.7 Å². The van der Waals surface area contributed by atoms with E-state index in [1.165, 1.54) is 7.11 Å². The summed E-state index contributed by atoms with van der Waals surface area (Å²) in [5.41, 5.74) is 0.931. The van der Waals surface area contributed by atoms with Crippen molar-refractivity contribution in [2.75, 3.05) is 26.7 Å². The molecule has 0 aliphatic carbocycles. The Bertz CT molecular complexity index is 812. The Kier molecular flexibility index (Phi) is 7.26. The zero-order valence-electron chi connectivity index (χ0n) is 16.3. The van der Waals surface area contributed by atoms with E-state index in [0.29, 0.717) is 18.2 Å². The molecule has 2 aliphatic rings. The van der Waals surface area contributed by atoms with Crippen molar-refractivity contribution in [3.63, 3.8) is 0 Å². The standard InChI is InChI=1S/C19H25F2N5O2.ClH/c1-27-15-3-2-13(10-16(15)28-19(20)21)12-25-7-4-14(5-8-25)18-24-23-17-11-22-6-9-26(17)18;/h2-3,10,14,19,22H,4-9,11-12H2,1H3;1H. The van der Waals surface area contributed by atoms with Crippen LogP contribution in [-0.4, -0.2) is 53.0 Å². The highest BCUT2D eigenvalue weighted by Crippen LogP contribution is 2.32. The summed E-state index contributed by atoms with van der Waals surface area (Å²) in [5, 5.41) is 12.1. The molecule has 1 saturated heterocycles. The van der Waals surface area contributed by atoms with Gasteiger partial charge in [-0.05, 0) is 43.6 Å². The summed E-state index contributed by atoms with van der Waals surface area (Å²) in [6.07, 6.45) is 2.03. The van der Waals surface area contributed by atoms with Crippen LogP contribution in [0.4, 0.5) is 8.78 Å². The molecule has 0 unspecified atom stereocenters. The first kappa shape index (κ1) is 21.7. The number of methoxy groups -OCH3 is 1. The summed E-state index contributed by atoms with van der Waals surface area (Å²) in [4.78, 5) is 2.33. The van der Waals surface area contributed by atoms with Crippen molar-refractivity contribution in [2.24, 2.45) is 0 Å². The number of benzene rings is 1. The molecule has 10 heteroatoms. The molecular weight excluding hydrogens is 404 g/mol. The Morgan fingerprint density at radius 1 is 1.17 bits per heavy atom. The van der Waals surface area contributed by atoms with Crippen LogP contribution in [0.15, 0.2) is 18.2 Å². The Labute approximate surface area is 174 Å². The number of hydrogen-bond donors (Lipinski definition) is 1. The van der Waals surface area contributed by atoms with Crippen LogP contribution in [0.3, 0.4) is 0 Å². The predicted molar refractivity (Wildman–Crippen MR) is 106 cm³/mol. The van der Waals surface area contributed by atoms with Crippen LogP contribution in [-0.2, 0) is 19.6 Å². The van der Waals surface area contributed by atoms with Crippen molar-refractivity contribution in [2.45, 2.75) is 45.0 Å². The van der Waals surface area contributed by atoms with Crippen LogP contribution in [0, 0.1) is 0 Å². The third-order valence-electron chi connectivity index (χ3n) is 5.45. The van der Waals surface area contributed by atoms with Gasteiger partial charge in [0.1, 0.15) is 11.6 Å². The first-order valence-corrected chi connectivity index (χ1v) is 9.61. The van der Waals surface area contributed by atoms with Crippen molar-refractivity contribution >= 4 is 12.4 Å². The molecule has 0 radical (unpaired) electrons. The SMILES string of the molecule is COc1ccc(CN2CCC(c3nnc4n3CCNC4)CC2)cc1OC(F)F.Cl. The van der Waals surface area contributed by atoms with Crippen LogP contribution < -0.4 is 14.8 Å². The fourth-order valence-electron chi connectivity index (χ4n) is 4.03. The number of ether oxygens (including phenoxy) is 2. The second-order valence-corrected chi connectivity index (χ2v) is 7.22. The average Bonchev–Trinajstić information content (AvgIpc) is 3.13. The Morgan fingerprint density at radius 3 is 2.69 bits per heavy atom. The Morgan fingerprint density at radius 2 is 1.97 bits per heavy atom. The molecule has 0 saturated carbocycles. The number of nitrogens with zero attached hydrogens (tertiary/aromatic N) is 4. The largest absolute Gasteiger partial charge is 0.493 e. The number of alkyl halides is 2. The minimum absolute atomic E-state index is 0. The lowest BCUT2D eigenvalue weighted by Gasteiger charge is -2.32. The van der Waals surface area contributed by atoms with Gasteiger partial charge in [-0.2, -0.15) is 8.78 Å². The van der Waals surface area contributed by atoms with E-state index in [4.69, 9.17) is 4.74 Å². The number of piperidine rings is 1. The minimum atomic E-state index is -2.87. The van der Waals surface area contributed by atoms with Crippen LogP contribution in [0.5, 0.6) is 11.5 Å². The van der Waals surface area contributed by atoms with Gasteiger partial charge in [0.15, 0.2) is 11.5 Å². The number of hydrogen-bond acceptors (Lipinski definition) is 6. The van der Waals surface area contributed by atoms with E-state index in [9.17, 15) is 8.78 Å². The van der Waals surface area contributed by atoms with Gasteiger partial charge in [-0.25, -0.2) is 0 Å². The highest BCUT2D eigenvalue weighted by molar-refractivity contribution is 5.85. The molecule has 1 fully saturated rings. The van der Waals surface area contributed by atoms with Gasteiger partial charge in [0.2, 0.25) is 0 Å². The Balaban J connectivity index is 0.00000240. The maximum Gasteiger partial charge on any atom is 0.387 e. The summed E-state index contributed by atoms with van der Waals surface area (Å²) in [6.45, 7) is 2.35. The van der Waals surface area contributed by atoms with Crippen molar-refractivity contribution in [1.29, 1.82) is 0 Å². The van der Waals surface area contributed by atoms with Crippen LogP contribution in [0.2, 0.25) is 0 Å². The minimum Gasteiger partial charge on any atom is -0.493 e. The van der Waals surface area contributed by atoms with Crippen molar-refractivity contribution in [3.8, 4) is 11.5 Å². The second kappa shape index (κ2) is 9.69. The topological polar surface area (TPSA) is 64.4 Å². The molecule has 29 heavy (non-hydrogen) atoms. The first-order valence-electron chi connectivity index (χ1n) is 9.61. The van der Waals surface area contributed by atoms with E-state index in [-0.39, 0.29) is 18.2 Å². The molecule has 7 nitrogen and oxygen atoms in total. The van der Waals surface area contributed by atoms with E-state index in [1.54, 1.807) is 12.1 Å². The molecule has 0 amide bonds. The molecule has 3 heterocycles. The highest BCUT2D eigenvalue weighted by Gasteiger charge is 2.27. The highest BCUT2D eigenvalue weighted by atomic mass is 35.5. The summed E-state index contributed by atoms with van der Waals surface area (Å²) in [5.74, 6) is 2.94. The van der Waals surface area contributed by atoms with Crippen LogP contribution >= 0.6 is 12.4 Å².